The highest BCUT2D eigenvalue weighted by Gasteiger charge is 2.05. The Balaban J connectivity index is 2.93. The molecule has 0 aliphatic carbocycles. The Morgan fingerprint density at radius 2 is 2.33 bits per heavy atom. The lowest BCUT2D eigenvalue weighted by atomic mass is 10.3. The van der Waals surface area contributed by atoms with Gasteiger partial charge >= 0.3 is 5.97 Å². The second-order valence-corrected chi connectivity index (χ2v) is 2.98. The Kier molecular flexibility index (Phi) is 3.10. The predicted octanol–water partition coefficient (Wildman–Crippen LogP) is 1.59. The van der Waals surface area contributed by atoms with E-state index in [9.17, 15) is 4.79 Å². The molecular formula is C8H9NO2S. The zero-order valence-corrected chi connectivity index (χ0v) is 7.72. The van der Waals surface area contributed by atoms with Crippen LogP contribution in [0.15, 0.2) is 23.4 Å². The van der Waals surface area contributed by atoms with Crippen molar-refractivity contribution in [2.75, 3.05) is 13.4 Å². The summed E-state index contributed by atoms with van der Waals surface area (Å²) >= 11 is 1.54. The summed E-state index contributed by atoms with van der Waals surface area (Å²) in [5.41, 5.74) is 0.490. The minimum absolute atomic E-state index is 0.349. The van der Waals surface area contributed by atoms with E-state index in [1.165, 1.54) is 13.3 Å². The lowest BCUT2D eigenvalue weighted by Gasteiger charge is -1.99. The molecule has 64 valence electrons. The molecule has 1 aromatic heterocycles. The van der Waals surface area contributed by atoms with Crippen LogP contribution in [0.1, 0.15) is 10.4 Å². The lowest BCUT2D eigenvalue weighted by molar-refractivity contribution is 0.0600. The van der Waals surface area contributed by atoms with Crippen molar-refractivity contribution < 1.29 is 9.53 Å². The maximum absolute atomic E-state index is 11.0. The molecule has 0 unspecified atom stereocenters. The number of hydrogen-bond donors (Lipinski definition) is 0. The summed E-state index contributed by atoms with van der Waals surface area (Å²) in [7, 11) is 1.36. The van der Waals surface area contributed by atoms with E-state index in [0.717, 1.165) is 4.90 Å². The van der Waals surface area contributed by atoms with Crippen LogP contribution in [0.5, 0.6) is 0 Å². The van der Waals surface area contributed by atoms with Crippen LogP contribution in [0.3, 0.4) is 0 Å². The Hall–Kier alpha value is -1.03. The predicted molar refractivity (Wildman–Crippen MR) is 47.4 cm³/mol. The minimum Gasteiger partial charge on any atom is -0.465 e. The van der Waals surface area contributed by atoms with E-state index in [4.69, 9.17) is 0 Å². The van der Waals surface area contributed by atoms with Gasteiger partial charge in [-0.05, 0) is 12.3 Å². The highest BCUT2D eigenvalue weighted by Crippen LogP contribution is 2.14. The maximum Gasteiger partial charge on any atom is 0.339 e. The van der Waals surface area contributed by atoms with Gasteiger partial charge in [0.25, 0.3) is 0 Å². The quantitative estimate of drug-likeness (QED) is 0.515. The number of nitrogens with zero attached hydrogens (tertiary/aromatic N) is 1. The van der Waals surface area contributed by atoms with Crippen molar-refractivity contribution in [1.82, 2.24) is 4.98 Å². The summed E-state index contributed by atoms with van der Waals surface area (Å²) in [4.78, 5) is 15.9. The fourth-order valence-electron chi connectivity index (χ4n) is 0.760. The third-order valence-electron chi connectivity index (χ3n) is 1.37. The van der Waals surface area contributed by atoms with E-state index in [1.54, 1.807) is 24.0 Å². The first kappa shape index (κ1) is 9.06. The largest absolute Gasteiger partial charge is 0.465 e. The summed E-state index contributed by atoms with van der Waals surface area (Å²) in [5.74, 6) is -0.349. The molecule has 0 saturated heterocycles. The Labute approximate surface area is 75.1 Å². The fourth-order valence-corrected chi connectivity index (χ4v) is 1.17. The first-order valence-corrected chi connectivity index (χ1v) is 4.57. The number of ether oxygens (including phenoxy) is 1. The fraction of sp³-hybridized carbons (Fsp3) is 0.250. The van der Waals surface area contributed by atoms with Crippen LogP contribution in [0.4, 0.5) is 0 Å². The summed E-state index contributed by atoms with van der Waals surface area (Å²) in [5, 5.41) is 0. The molecule has 0 spiro atoms. The van der Waals surface area contributed by atoms with Gasteiger partial charge in [-0.3, -0.25) is 4.98 Å². The van der Waals surface area contributed by atoms with E-state index in [0.29, 0.717) is 5.56 Å². The average molecular weight is 183 g/mol. The van der Waals surface area contributed by atoms with Crippen LogP contribution in [-0.2, 0) is 4.74 Å². The minimum atomic E-state index is -0.349. The first-order valence-electron chi connectivity index (χ1n) is 3.35. The van der Waals surface area contributed by atoms with Gasteiger partial charge in [0.1, 0.15) is 0 Å². The number of pyridine rings is 1. The van der Waals surface area contributed by atoms with Crippen molar-refractivity contribution in [1.29, 1.82) is 0 Å². The normalized spacial score (nSPS) is 9.50. The molecule has 0 N–H and O–H groups in total. The highest BCUT2D eigenvalue weighted by molar-refractivity contribution is 7.98. The van der Waals surface area contributed by atoms with Gasteiger partial charge < -0.3 is 4.74 Å². The molecule has 1 rings (SSSR count). The second-order valence-electron chi connectivity index (χ2n) is 2.11. The van der Waals surface area contributed by atoms with Gasteiger partial charge in [0.15, 0.2) is 0 Å². The van der Waals surface area contributed by atoms with Crippen molar-refractivity contribution in [3.8, 4) is 0 Å². The number of carbonyl (C=O) groups is 1. The van der Waals surface area contributed by atoms with Crippen LogP contribution in [0.2, 0.25) is 0 Å². The van der Waals surface area contributed by atoms with E-state index in [2.05, 4.69) is 9.72 Å². The number of hydrogen-bond acceptors (Lipinski definition) is 4. The number of rotatable bonds is 2. The molecule has 0 saturated carbocycles. The summed E-state index contributed by atoms with van der Waals surface area (Å²) < 4.78 is 4.55. The average Bonchev–Trinajstić information content (AvgIpc) is 2.17. The van der Waals surface area contributed by atoms with Crippen LogP contribution in [0, 0.1) is 0 Å². The van der Waals surface area contributed by atoms with E-state index >= 15 is 0 Å². The number of carbonyl (C=O) groups excluding carboxylic acids is 1. The topological polar surface area (TPSA) is 39.2 Å². The van der Waals surface area contributed by atoms with Crippen LogP contribution < -0.4 is 0 Å². The molecule has 0 aliphatic heterocycles. The third kappa shape index (κ3) is 1.98. The smallest absolute Gasteiger partial charge is 0.339 e. The standard InChI is InChI=1S/C8H9NO2S/c1-11-8(10)6-3-7(12-2)5-9-4-6/h3-5H,1-2H3. The molecule has 4 heteroatoms. The van der Waals surface area contributed by atoms with Crippen LogP contribution >= 0.6 is 11.8 Å². The van der Waals surface area contributed by atoms with Gasteiger partial charge in [-0.2, -0.15) is 0 Å². The molecular weight excluding hydrogens is 174 g/mol. The third-order valence-corrected chi connectivity index (χ3v) is 2.06. The second kappa shape index (κ2) is 4.11. The molecule has 1 aromatic rings. The molecule has 0 atom stereocenters. The number of esters is 1. The number of methoxy groups -OCH3 is 1. The SMILES string of the molecule is COC(=O)c1cncc(SC)c1. The maximum atomic E-state index is 11.0. The van der Waals surface area contributed by atoms with Crippen LogP contribution in [-0.4, -0.2) is 24.3 Å². The van der Waals surface area contributed by atoms with Crippen molar-refractivity contribution in [3.05, 3.63) is 24.0 Å². The molecule has 1 heterocycles. The molecule has 0 bridgehead atoms. The molecule has 12 heavy (non-hydrogen) atoms. The lowest BCUT2D eigenvalue weighted by Crippen LogP contribution is -2.01. The van der Waals surface area contributed by atoms with Crippen molar-refractivity contribution in [2.45, 2.75) is 4.90 Å². The van der Waals surface area contributed by atoms with E-state index in [1.807, 2.05) is 6.26 Å². The van der Waals surface area contributed by atoms with Gasteiger partial charge in [-0.15, -0.1) is 11.8 Å². The molecule has 0 radical (unpaired) electrons. The van der Waals surface area contributed by atoms with E-state index < -0.39 is 0 Å². The number of aromatic nitrogens is 1. The van der Waals surface area contributed by atoms with Gasteiger partial charge in [0.05, 0.1) is 12.7 Å². The number of thioether (sulfide) groups is 1. The summed E-state index contributed by atoms with van der Waals surface area (Å²) in [6, 6.07) is 1.75. The van der Waals surface area contributed by atoms with Crippen molar-refractivity contribution in [3.63, 3.8) is 0 Å². The molecule has 3 nitrogen and oxygen atoms in total. The molecule has 0 aliphatic rings. The van der Waals surface area contributed by atoms with Gasteiger partial charge in [-0.25, -0.2) is 4.79 Å². The Bertz CT molecular complexity index is 288. The summed E-state index contributed by atoms with van der Waals surface area (Å²) in [6.07, 6.45) is 5.13. The van der Waals surface area contributed by atoms with Gasteiger partial charge in [-0.1, -0.05) is 0 Å². The van der Waals surface area contributed by atoms with Crippen molar-refractivity contribution in [2.24, 2.45) is 0 Å². The van der Waals surface area contributed by atoms with Crippen molar-refractivity contribution >= 4 is 17.7 Å². The Morgan fingerprint density at radius 3 is 2.92 bits per heavy atom. The zero-order chi connectivity index (χ0) is 8.97. The Morgan fingerprint density at radius 1 is 1.58 bits per heavy atom. The highest BCUT2D eigenvalue weighted by atomic mass is 32.2. The monoisotopic (exact) mass is 183 g/mol. The first-order chi connectivity index (χ1) is 5.77. The summed E-state index contributed by atoms with van der Waals surface area (Å²) in [6.45, 7) is 0. The van der Waals surface area contributed by atoms with Gasteiger partial charge in [0, 0.05) is 17.3 Å². The molecule has 0 fully saturated rings. The zero-order valence-electron chi connectivity index (χ0n) is 6.90. The van der Waals surface area contributed by atoms with Gasteiger partial charge in [0.2, 0.25) is 0 Å². The van der Waals surface area contributed by atoms with E-state index in [-0.39, 0.29) is 5.97 Å². The molecule has 0 aromatic carbocycles. The molecule has 0 amide bonds. The van der Waals surface area contributed by atoms with Crippen LogP contribution in [0.25, 0.3) is 0 Å².